The first-order chi connectivity index (χ1) is 16.6. The number of aromatic amines is 1. The molecule has 0 unspecified atom stereocenters. The Hall–Kier alpha value is -4.07. The van der Waals surface area contributed by atoms with E-state index in [1.807, 2.05) is 66.7 Å². The Morgan fingerprint density at radius 2 is 1.74 bits per heavy atom. The molecule has 5 heteroatoms. The zero-order valence-electron chi connectivity index (χ0n) is 18.6. The first-order valence-electron chi connectivity index (χ1n) is 11.1. The number of H-pyrrole nitrogens is 1. The molecule has 1 N–H and O–H groups in total. The maximum absolute atomic E-state index is 13.2. The summed E-state index contributed by atoms with van der Waals surface area (Å²) in [4.78, 5) is 16.7. The molecule has 5 aromatic rings. The lowest BCUT2D eigenvalue weighted by molar-refractivity contribution is 0.0527. The Labute approximate surface area is 202 Å². The molecule has 1 heterocycles. The third-order valence-electron chi connectivity index (χ3n) is 5.97. The number of nitrogens with zero attached hydrogens (tertiary/aromatic N) is 1. The number of nitrogens with one attached hydrogen (secondary N) is 1. The summed E-state index contributed by atoms with van der Waals surface area (Å²) in [6.07, 6.45) is 0.518. The number of carbonyl (C=O) groups is 1. The smallest absolute Gasteiger partial charge is 0.340 e. The van der Waals surface area contributed by atoms with Gasteiger partial charge in [0.1, 0.15) is 0 Å². The average Bonchev–Trinajstić information content (AvgIpc) is 3.22. The molecule has 4 aromatic carbocycles. The topological polar surface area (TPSA) is 65.9 Å². The molecule has 0 saturated heterocycles. The fourth-order valence-electron chi connectivity index (χ4n) is 4.47. The van der Waals surface area contributed by atoms with E-state index >= 15 is 0 Å². The number of rotatable bonds is 5. The van der Waals surface area contributed by atoms with Crippen LogP contribution in [0.1, 0.15) is 34.1 Å². The van der Waals surface area contributed by atoms with Crippen molar-refractivity contribution in [3.63, 3.8) is 0 Å². The Morgan fingerprint density at radius 3 is 2.44 bits per heavy atom. The zero-order chi connectivity index (χ0) is 23.7. The molecule has 5 rings (SSSR count). The molecule has 0 bridgehead atoms. The highest BCUT2D eigenvalue weighted by Crippen LogP contribution is 2.38. The van der Waals surface area contributed by atoms with Crippen molar-refractivity contribution in [2.24, 2.45) is 0 Å². The lowest BCUT2D eigenvalue weighted by Crippen LogP contribution is -2.07. The van der Waals surface area contributed by atoms with Gasteiger partial charge >= 0.3 is 5.97 Å². The van der Waals surface area contributed by atoms with Gasteiger partial charge in [-0.25, -0.2) is 4.79 Å². The highest BCUT2D eigenvalue weighted by molar-refractivity contribution is 6.30. The second-order valence-electron chi connectivity index (χ2n) is 8.09. The third-order valence-corrected chi connectivity index (χ3v) is 6.20. The van der Waals surface area contributed by atoms with Crippen LogP contribution in [-0.2, 0) is 11.2 Å². The van der Waals surface area contributed by atoms with Crippen molar-refractivity contribution in [2.75, 3.05) is 6.61 Å². The van der Waals surface area contributed by atoms with Crippen molar-refractivity contribution in [1.82, 2.24) is 4.98 Å². The van der Waals surface area contributed by atoms with Gasteiger partial charge in [-0.15, -0.1) is 0 Å². The third kappa shape index (κ3) is 3.91. The predicted molar refractivity (Wildman–Crippen MR) is 136 cm³/mol. The van der Waals surface area contributed by atoms with Crippen LogP contribution in [0, 0.1) is 11.3 Å². The lowest BCUT2D eigenvalue weighted by atomic mass is 9.94. The van der Waals surface area contributed by atoms with E-state index in [-0.39, 0.29) is 12.6 Å². The monoisotopic (exact) mass is 464 g/mol. The van der Waals surface area contributed by atoms with Gasteiger partial charge in [0.25, 0.3) is 0 Å². The highest BCUT2D eigenvalue weighted by atomic mass is 35.5. The van der Waals surface area contributed by atoms with Gasteiger partial charge in [0.05, 0.1) is 29.3 Å². The molecule has 166 valence electrons. The van der Waals surface area contributed by atoms with Gasteiger partial charge < -0.3 is 9.72 Å². The maximum Gasteiger partial charge on any atom is 0.340 e. The molecule has 0 amide bonds. The first-order valence-corrected chi connectivity index (χ1v) is 11.4. The van der Waals surface area contributed by atoms with E-state index in [4.69, 9.17) is 16.3 Å². The van der Waals surface area contributed by atoms with Crippen LogP contribution in [0.3, 0.4) is 0 Å². The Balaban J connectivity index is 1.79. The highest BCUT2D eigenvalue weighted by Gasteiger charge is 2.23. The number of aromatic nitrogens is 1. The quantitative estimate of drug-likeness (QED) is 0.278. The van der Waals surface area contributed by atoms with Crippen molar-refractivity contribution < 1.29 is 9.53 Å². The Kier molecular flexibility index (Phi) is 5.79. The summed E-state index contributed by atoms with van der Waals surface area (Å²) < 4.78 is 5.46. The number of fused-ring (bicyclic) bond motifs is 3. The van der Waals surface area contributed by atoms with Crippen LogP contribution in [0.5, 0.6) is 0 Å². The van der Waals surface area contributed by atoms with Gasteiger partial charge in [-0.3, -0.25) is 0 Å². The van der Waals surface area contributed by atoms with Crippen molar-refractivity contribution >= 4 is 39.2 Å². The maximum atomic E-state index is 13.2. The van der Waals surface area contributed by atoms with Crippen LogP contribution in [0.2, 0.25) is 5.02 Å². The summed E-state index contributed by atoms with van der Waals surface area (Å²) in [7, 11) is 0. The number of ether oxygens (including phenoxy) is 1. The van der Waals surface area contributed by atoms with Crippen molar-refractivity contribution in [1.29, 1.82) is 5.26 Å². The van der Waals surface area contributed by atoms with E-state index in [1.165, 1.54) is 0 Å². The van der Waals surface area contributed by atoms with E-state index in [0.29, 0.717) is 22.6 Å². The summed E-state index contributed by atoms with van der Waals surface area (Å²) in [5.41, 5.74) is 5.80. The molecular formula is C29H21ClN2O2. The zero-order valence-corrected chi connectivity index (χ0v) is 19.3. The summed E-state index contributed by atoms with van der Waals surface area (Å²) in [5.74, 6) is -0.355. The average molecular weight is 465 g/mol. The summed E-state index contributed by atoms with van der Waals surface area (Å²) >= 11 is 6.21. The van der Waals surface area contributed by atoms with Gasteiger partial charge in [-0.1, -0.05) is 60.1 Å². The Morgan fingerprint density at radius 1 is 0.971 bits per heavy atom. The van der Waals surface area contributed by atoms with Gasteiger partial charge in [-0.2, -0.15) is 5.26 Å². The first kappa shape index (κ1) is 21.8. The van der Waals surface area contributed by atoms with Gasteiger partial charge in [0.15, 0.2) is 0 Å². The van der Waals surface area contributed by atoms with E-state index in [0.717, 1.165) is 44.1 Å². The number of halogens is 1. The number of benzene rings is 4. The summed E-state index contributed by atoms with van der Waals surface area (Å²) in [6.45, 7) is 2.10. The van der Waals surface area contributed by atoms with Crippen LogP contribution >= 0.6 is 11.6 Å². The fourth-order valence-corrected chi connectivity index (χ4v) is 4.68. The predicted octanol–water partition coefficient (Wildman–Crippen LogP) is 7.28. The van der Waals surface area contributed by atoms with Crippen molar-refractivity contribution in [2.45, 2.75) is 13.3 Å². The molecule has 4 nitrogen and oxygen atoms in total. The van der Waals surface area contributed by atoms with Gasteiger partial charge in [0, 0.05) is 27.9 Å². The molecular weight excluding hydrogens is 444 g/mol. The molecule has 0 radical (unpaired) electrons. The molecule has 0 atom stereocenters. The second kappa shape index (κ2) is 9.05. The van der Waals surface area contributed by atoms with E-state index in [9.17, 15) is 10.1 Å². The molecule has 0 aliphatic carbocycles. The van der Waals surface area contributed by atoms with Crippen molar-refractivity contribution in [3.8, 4) is 17.2 Å². The van der Waals surface area contributed by atoms with Crippen LogP contribution < -0.4 is 0 Å². The van der Waals surface area contributed by atoms with Crippen LogP contribution in [0.4, 0.5) is 0 Å². The molecule has 0 fully saturated rings. The van der Waals surface area contributed by atoms with Crippen molar-refractivity contribution in [3.05, 3.63) is 106 Å². The Bertz CT molecular complexity index is 1580. The molecule has 0 spiro atoms. The summed E-state index contributed by atoms with van der Waals surface area (Å²) in [6, 6.07) is 27.5. The van der Waals surface area contributed by atoms with Gasteiger partial charge in [-0.05, 0) is 59.3 Å². The molecule has 1 aromatic heterocycles. The van der Waals surface area contributed by atoms with Gasteiger partial charge in [0.2, 0.25) is 0 Å². The minimum absolute atomic E-state index is 0.290. The fraction of sp³-hybridized carbons (Fsp3) is 0.103. The largest absolute Gasteiger partial charge is 0.462 e. The van der Waals surface area contributed by atoms with Crippen LogP contribution in [-0.4, -0.2) is 17.6 Å². The number of esters is 1. The minimum Gasteiger partial charge on any atom is -0.462 e. The molecule has 0 aliphatic rings. The van der Waals surface area contributed by atoms with Crippen LogP contribution in [0.15, 0.2) is 78.9 Å². The van der Waals surface area contributed by atoms with E-state index in [2.05, 4.69) is 23.2 Å². The lowest BCUT2D eigenvalue weighted by Gasteiger charge is -2.10. The number of hydrogen-bond donors (Lipinski definition) is 1. The molecule has 0 aliphatic heterocycles. The standard InChI is InChI=1S/C29H21ClN2O2/c1-2-34-29(33)27-25-16-24(20-12-10-18(17-31)11-13-20)22-8-3-4-9-23(22)28(25)32-26(27)15-19-6-5-7-21(30)14-19/h3-14,16,32H,2,15H2,1H3. The van der Waals surface area contributed by atoms with Crippen LogP contribution in [0.25, 0.3) is 32.8 Å². The molecule has 34 heavy (non-hydrogen) atoms. The van der Waals surface area contributed by atoms with E-state index in [1.54, 1.807) is 6.92 Å². The number of nitriles is 1. The SMILES string of the molecule is CCOC(=O)c1c(Cc2cccc(Cl)c2)[nH]c2c1cc(-c1ccc(C#N)cc1)c1ccccc12. The second-order valence-corrected chi connectivity index (χ2v) is 8.52. The minimum atomic E-state index is -0.355. The number of hydrogen-bond acceptors (Lipinski definition) is 3. The molecule has 0 saturated carbocycles. The summed E-state index contributed by atoms with van der Waals surface area (Å²) in [5, 5.41) is 12.7. The number of carbonyl (C=O) groups excluding carboxylic acids is 1. The van der Waals surface area contributed by atoms with E-state index < -0.39 is 0 Å². The normalized spacial score (nSPS) is 11.0.